The summed E-state index contributed by atoms with van der Waals surface area (Å²) in [6.07, 6.45) is 7.52. The summed E-state index contributed by atoms with van der Waals surface area (Å²) in [7, 11) is 0. The number of pyridine rings is 1. The molecule has 0 spiro atoms. The topological polar surface area (TPSA) is 51.2 Å². The van der Waals surface area contributed by atoms with Crippen molar-refractivity contribution in [2.75, 3.05) is 0 Å². The quantitative estimate of drug-likeness (QED) is 0.923. The summed E-state index contributed by atoms with van der Waals surface area (Å²) in [4.78, 5) is 16.3. The lowest BCUT2D eigenvalue weighted by atomic mass is 9.91. The molecule has 1 heterocycles. The standard InChI is InChI=1S/C19H22N2O2/c1-14(19(22)21-13-15-6-5-11-20-12-15)23-18-10-4-8-16-7-2-3-9-17(16)18/h4-6,8,10-12,14H,2-3,7,9,13H2,1H3,(H,21,22)/t14-/m0/s1. The lowest BCUT2D eigenvalue weighted by Crippen LogP contribution is -2.36. The first kappa shape index (κ1) is 15.5. The molecule has 0 unspecified atom stereocenters. The Morgan fingerprint density at radius 2 is 2.13 bits per heavy atom. The first-order chi connectivity index (χ1) is 11.2. The molecule has 1 N–H and O–H groups in total. The zero-order chi connectivity index (χ0) is 16.1. The monoisotopic (exact) mass is 310 g/mol. The van der Waals surface area contributed by atoms with Gasteiger partial charge >= 0.3 is 0 Å². The Morgan fingerprint density at radius 3 is 2.96 bits per heavy atom. The summed E-state index contributed by atoms with van der Waals surface area (Å²) in [6, 6.07) is 9.94. The lowest BCUT2D eigenvalue weighted by molar-refractivity contribution is -0.127. The largest absolute Gasteiger partial charge is 0.481 e. The first-order valence-electron chi connectivity index (χ1n) is 8.18. The van der Waals surface area contributed by atoms with E-state index in [1.807, 2.05) is 24.3 Å². The van der Waals surface area contributed by atoms with Gasteiger partial charge in [-0.05, 0) is 61.4 Å². The molecule has 1 aliphatic carbocycles. The van der Waals surface area contributed by atoms with Gasteiger partial charge in [0.2, 0.25) is 0 Å². The zero-order valence-corrected chi connectivity index (χ0v) is 13.4. The third kappa shape index (κ3) is 3.89. The fourth-order valence-electron chi connectivity index (χ4n) is 2.94. The van der Waals surface area contributed by atoms with Gasteiger partial charge in [-0.25, -0.2) is 0 Å². The van der Waals surface area contributed by atoms with Gasteiger partial charge in [-0.2, -0.15) is 0 Å². The molecule has 0 saturated carbocycles. The second-order valence-electron chi connectivity index (χ2n) is 5.94. The molecule has 0 radical (unpaired) electrons. The van der Waals surface area contributed by atoms with Gasteiger partial charge in [0.15, 0.2) is 6.10 Å². The van der Waals surface area contributed by atoms with Gasteiger partial charge in [0.05, 0.1) is 0 Å². The Kier molecular flexibility index (Phi) is 4.91. The molecule has 0 bridgehead atoms. The minimum Gasteiger partial charge on any atom is -0.481 e. The molecule has 120 valence electrons. The summed E-state index contributed by atoms with van der Waals surface area (Å²) >= 11 is 0. The summed E-state index contributed by atoms with van der Waals surface area (Å²) < 4.78 is 5.94. The predicted molar refractivity (Wildman–Crippen MR) is 89.3 cm³/mol. The van der Waals surface area contributed by atoms with Crippen LogP contribution in [0.3, 0.4) is 0 Å². The summed E-state index contributed by atoms with van der Waals surface area (Å²) in [5.41, 5.74) is 3.60. The Labute approximate surface area is 136 Å². The normalized spacial score (nSPS) is 14.7. The van der Waals surface area contributed by atoms with Crippen LogP contribution in [0.25, 0.3) is 0 Å². The van der Waals surface area contributed by atoms with Crippen LogP contribution in [0.5, 0.6) is 5.75 Å². The highest BCUT2D eigenvalue weighted by atomic mass is 16.5. The van der Waals surface area contributed by atoms with Crippen molar-refractivity contribution in [2.45, 2.75) is 45.3 Å². The maximum Gasteiger partial charge on any atom is 0.261 e. The van der Waals surface area contributed by atoms with Crippen molar-refractivity contribution < 1.29 is 9.53 Å². The summed E-state index contributed by atoms with van der Waals surface area (Å²) in [5, 5.41) is 2.90. The Hall–Kier alpha value is -2.36. The fourth-order valence-corrected chi connectivity index (χ4v) is 2.94. The van der Waals surface area contributed by atoms with E-state index in [1.165, 1.54) is 24.0 Å². The van der Waals surface area contributed by atoms with Crippen LogP contribution in [0.2, 0.25) is 0 Å². The molecule has 0 aliphatic heterocycles. The number of amides is 1. The Morgan fingerprint density at radius 1 is 1.26 bits per heavy atom. The van der Waals surface area contributed by atoms with Crippen LogP contribution in [0, 0.1) is 0 Å². The number of carbonyl (C=O) groups excluding carboxylic acids is 1. The SMILES string of the molecule is C[C@H](Oc1cccc2c1CCCC2)C(=O)NCc1cccnc1. The van der Waals surface area contributed by atoms with E-state index in [0.29, 0.717) is 6.54 Å². The molecular formula is C19H22N2O2. The number of aromatic nitrogens is 1. The van der Waals surface area contributed by atoms with Crippen LogP contribution in [0.15, 0.2) is 42.7 Å². The third-order valence-electron chi connectivity index (χ3n) is 4.22. The number of carbonyl (C=O) groups is 1. The van der Waals surface area contributed by atoms with Crippen molar-refractivity contribution in [1.29, 1.82) is 0 Å². The van der Waals surface area contributed by atoms with E-state index in [0.717, 1.165) is 24.2 Å². The van der Waals surface area contributed by atoms with Gasteiger partial charge in [-0.3, -0.25) is 9.78 Å². The molecule has 4 heteroatoms. The van der Waals surface area contributed by atoms with E-state index in [1.54, 1.807) is 19.3 Å². The van der Waals surface area contributed by atoms with Crippen LogP contribution >= 0.6 is 0 Å². The number of aryl methyl sites for hydroxylation is 1. The lowest BCUT2D eigenvalue weighted by Gasteiger charge is -2.22. The second-order valence-corrected chi connectivity index (χ2v) is 5.94. The highest BCUT2D eigenvalue weighted by Crippen LogP contribution is 2.30. The molecular weight excluding hydrogens is 288 g/mol. The van der Waals surface area contributed by atoms with E-state index >= 15 is 0 Å². The molecule has 1 amide bonds. The fraction of sp³-hybridized carbons (Fsp3) is 0.368. The number of benzene rings is 1. The molecule has 1 aromatic carbocycles. The molecule has 0 saturated heterocycles. The molecule has 1 atom stereocenters. The van der Waals surface area contributed by atoms with Gasteiger partial charge in [0.25, 0.3) is 5.91 Å². The van der Waals surface area contributed by atoms with Crippen LogP contribution in [-0.4, -0.2) is 17.0 Å². The minimum absolute atomic E-state index is 0.109. The third-order valence-corrected chi connectivity index (χ3v) is 4.22. The second kappa shape index (κ2) is 7.27. The van der Waals surface area contributed by atoms with E-state index in [9.17, 15) is 4.79 Å². The van der Waals surface area contributed by atoms with Crippen molar-refractivity contribution >= 4 is 5.91 Å². The Bertz CT molecular complexity index is 670. The molecule has 0 fully saturated rings. The van der Waals surface area contributed by atoms with Gasteiger partial charge in [-0.15, -0.1) is 0 Å². The number of hydrogen-bond donors (Lipinski definition) is 1. The number of nitrogens with one attached hydrogen (secondary N) is 1. The van der Waals surface area contributed by atoms with Crippen molar-refractivity contribution in [2.24, 2.45) is 0 Å². The molecule has 2 aromatic rings. The average Bonchev–Trinajstić information content (AvgIpc) is 2.61. The van der Waals surface area contributed by atoms with Gasteiger partial charge in [0.1, 0.15) is 5.75 Å². The molecule has 1 aromatic heterocycles. The van der Waals surface area contributed by atoms with Crippen molar-refractivity contribution in [3.05, 3.63) is 59.4 Å². The van der Waals surface area contributed by atoms with Gasteiger partial charge in [-0.1, -0.05) is 18.2 Å². The highest BCUT2D eigenvalue weighted by Gasteiger charge is 2.19. The van der Waals surface area contributed by atoms with Crippen LogP contribution < -0.4 is 10.1 Å². The van der Waals surface area contributed by atoms with E-state index in [2.05, 4.69) is 16.4 Å². The number of hydrogen-bond acceptors (Lipinski definition) is 3. The maximum absolute atomic E-state index is 12.2. The zero-order valence-electron chi connectivity index (χ0n) is 13.4. The maximum atomic E-state index is 12.2. The predicted octanol–water partition coefficient (Wildman–Crippen LogP) is 3.04. The van der Waals surface area contributed by atoms with Crippen molar-refractivity contribution in [3.8, 4) is 5.75 Å². The van der Waals surface area contributed by atoms with Gasteiger partial charge in [0, 0.05) is 18.9 Å². The van der Waals surface area contributed by atoms with Crippen molar-refractivity contribution in [1.82, 2.24) is 10.3 Å². The minimum atomic E-state index is -0.514. The summed E-state index contributed by atoms with van der Waals surface area (Å²) in [6.45, 7) is 2.26. The number of rotatable bonds is 5. The van der Waals surface area contributed by atoms with E-state index in [4.69, 9.17) is 4.74 Å². The summed E-state index contributed by atoms with van der Waals surface area (Å²) in [5.74, 6) is 0.744. The molecule has 1 aliphatic rings. The molecule has 4 nitrogen and oxygen atoms in total. The smallest absolute Gasteiger partial charge is 0.261 e. The Balaban J connectivity index is 1.60. The first-order valence-corrected chi connectivity index (χ1v) is 8.18. The van der Waals surface area contributed by atoms with Crippen LogP contribution in [0.1, 0.15) is 36.5 Å². The number of fused-ring (bicyclic) bond motifs is 1. The number of ether oxygens (including phenoxy) is 1. The van der Waals surface area contributed by atoms with Crippen LogP contribution in [-0.2, 0) is 24.2 Å². The number of nitrogens with zero attached hydrogens (tertiary/aromatic N) is 1. The van der Waals surface area contributed by atoms with Crippen LogP contribution in [0.4, 0.5) is 0 Å². The van der Waals surface area contributed by atoms with Gasteiger partial charge < -0.3 is 10.1 Å². The van der Waals surface area contributed by atoms with E-state index in [-0.39, 0.29) is 5.91 Å². The highest BCUT2D eigenvalue weighted by molar-refractivity contribution is 5.80. The average molecular weight is 310 g/mol. The molecule has 3 rings (SSSR count). The molecule has 23 heavy (non-hydrogen) atoms. The van der Waals surface area contributed by atoms with Crippen molar-refractivity contribution in [3.63, 3.8) is 0 Å². The van der Waals surface area contributed by atoms with E-state index < -0.39 is 6.10 Å².